The second-order valence-electron chi connectivity index (χ2n) is 8.59. The lowest BCUT2D eigenvalue weighted by Gasteiger charge is -2.23. The minimum absolute atomic E-state index is 0.0544. The monoisotopic (exact) mass is 465 g/mol. The van der Waals surface area contributed by atoms with Crippen molar-refractivity contribution in [3.05, 3.63) is 98.4 Å². The van der Waals surface area contributed by atoms with Gasteiger partial charge in [0, 0.05) is 24.0 Å². The first kappa shape index (κ1) is 21.9. The number of aryl methyl sites for hydroxylation is 3. The van der Waals surface area contributed by atoms with Crippen molar-refractivity contribution in [2.24, 2.45) is 0 Å². The van der Waals surface area contributed by atoms with Gasteiger partial charge in [0.25, 0.3) is 5.56 Å². The van der Waals surface area contributed by atoms with Crippen LogP contribution in [0.25, 0.3) is 10.2 Å². The normalized spacial score (nSPS) is 15.6. The van der Waals surface area contributed by atoms with Gasteiger partial charge in [-0.2, -0.15) is 0 Å². The molecule has 0 spiro atoms. The van der Waals surface area contributed by atoms with Gasteiger partial charge in [-0.05, 0) is 60.9 Å². The standard InChI is InChI=1S/C26H25F2N3OS/c27-21-11-8-18(13-22(21)28)15-29-19-9-10-20-23(14-19)33-25-24(20)26(32)31(16-30-25)12-4-7-17-5-2-1-3-6-17/h1-3,5-6,8,11,13,16,19,29H,4,7,9-10,12,14-15H2/t19-/m1/s1. The predicted octanol–water partition coefficient (Wildman–Crippen LogP) is 5.02. The van der Waals surface area contributed by atoms with E-state index in [0.717, 1.165) is 59.5 Å². The number of halogens is 2. The maximum absolute atomic E-state index is 13.5. The van der Waals surface area contributed by atoms with Crippen LogP contribution >= 0.6 is 11.3 Å². The first-order chi connectivity index (χ1) is 16.1. The van der Waals surface area contributed by atoms with Crippen LogP contribution in [0.1, 0.15) is 34.4 Å². The quantitative estimate of drug-likeness (QED) is 0.417. The lowest BCUT2D eigenvalue weighted by atomic mass is 9.93. The summed E-state index contributed by atoms with van der Waals surface area (Å²) in [6.07, 6.45) is 6.02. The number of fused-ring (bicyclic) bond motifs is 3. The summed E-state index contributed by atoms with van der Waals surface area (Å²) in [7, 11) is 0. The molecule has 170 valence electrons. The highest BCUT2D eigenvalue weighted by molar-refractivity contribution is 7.18. The molecule has 1 atom stereocenters. The minimum Gasteiger partial charge on any atom is -0.310 e. The van der Waals surface area contributed by atoms with Gasteiger partial charge >= 0.3 is 0 Å². The number of benzene rings is 2. The van der Waals surface area contributed by atoms with Gasteiger partial charge in [-0.15, -0.1) is 11.3 Å². The molecular weight excluding hydrogens is 440 g/mol. The summed E-state index contributed by atoms with van der Waals surface area (Å²) in [5, 5.41) is 4.23. The third-order valence-corrected chi connectivity index (χ3v) is 7.48. The van der Waals surface area contributed by atoms with Gasteiger partial charge in [0.05, 0.1) is 11.7 Å². The second kappa shape index (κ2) is 9.53. The molecule has 1 aliphatic carbocycles. The summed E-state index contributed by atoms with van der Waals surface area (Å²) in [5.41, 5.74) is 3.18. The Morgan fingerprint density at radius 2 is 1.94 bits per heavy atom. The second-order valence-corrected chi connectivity index (χ2v) is 9.67. The summed E-state index contributed by atoms with van der Waals surface area (Å²) in [4.78, 5) is 19.8. The smallest absolute Gasteiger partial charge is 0.262 e. The molecule has 0 radical (unpaired) electrons. The van der Waals surface area contributed by atoms with Crippen LogP contribution in [0.4, 0.5) is 8.78 Å². The van der Waals surface area contributed by atoms with Crippen molar-refractivity contribution in [1.29, 1.82) is 0 Å². The maximum Gasteiger partial charge on any atom is 0.262 e. The van der Waals surface area contributed by atoms with E-state index in [4.69, 9.17) is 0 Å². The molecule has 33 heavy (non-hydrogen) atoms. The van der Waals surface area contributed by atoms with Crippen molar-refractivity contribution < 1.29 is 8.78 Å². The van der Waals surface area contributed by atoms with E-state index in [1.54, 1.807) is 28.3 Å². The predicted molar refractivity (Wildman–Crippen MR) is 128 cm³/mol. The highest BCUT2D eigenvalue weighted by atomic mass is 32.1. The van der Waals surface area contributed by atoms with E-state index in [2.05, 4.69) is 22.4 Å². The summed E-state index contributed by atoms with van der Waals surface area (Å²) >= 11 is 1.60. The molecule has 5 rings (SSSR count). The molecule has 4 aromatic rings. The molecule has 2 heterocycles. The number of rotatable bonds is 7. The fourth-order valence-corrected chi connectivity index (χ4v) is 5.80. The molecule has 0 aliphatic heterocycles. The first-order valence-corrected chi connectivity index (χ1v) is 12.1. The average Bonchev–Trinajstić information content (AvgIpc) is 3.20. The Labute approximate surface area is 194 Å². The molecule has 0 fully saturated rings. The molecule has 0 saturated carbocycles. The zero-order valence-electron chi connectivity index (χ0n) is 18.2. The van der Waals surface area contributed by atoms with E-state index in [1.807, 2.05) is 18.2 Å². The zero-order valence-corrected chi connectivity index (χ0v) is 19.0. The van der Waals surface area contributed by atoms with Crippen LogP contribution in [0.5, 0.6) is 0 Å². The van der Waals surface area contributed by atoms with E-state index in [-0.39, 0.29) is 11.6 Å². The van der Waals surface area contributed by atoms with Crippen LogP contribution in [0.2, 0.25) is 0 Å². The minimum atomic E-state index is -0.829. The number of hydrogen-bond donors (Lipinski definition) is 1. The van der Waals surface area contributed by atoms with E-state index >= 15 is 0 Å². The van der Waals surface area contributed by atoms with E-state index in [9.17, 15) is 13.6 Å². The van der Waals surface area contributed by atoms with E-state index in [0.29, 0.717) is 13.1 Å². The van der Waals surface area contributed by atoms with Crippen molar-refractivity contribution in [2.45, 2.75) is 51.2 Å². The number of nitrogens with one attached hydrogen (secondary N) is 1. The zero-order chi connectivity index (χ0) is 22.8. The molecular formula is C26H25F2N3OS. The summed E-state index contributed by atoms with van der Waals surface area (Å²) in [6, 6.07) is 14.5. The molecule has 1 aliphatic rings. The van der Waals surface area contributed by atoms with Crippen LogP contribution in [0.15, 0.2) is 59.7 Å². The molecule has 0 unspecified atom stereocenters. The number of thiophene rings is 1. The first-order valence-electron chi connectivity index (χ1n) is 11.3. The van der Waals surface area contributed by atoms with Gasteiger partial charge in [0.15, 0.2) is 11.6 Å². The van der Waals surface area contributed by atoms with Crippen LogP contribution in [-0.2, 0) is 32.4 Å². The Hall–Kier alpha value is -2.90. The van der Waals surface area contributed by atoms with E-state index < -0.39 is 11.6 Å². The molecule has 0 bridgehead atoms. The van der Waals surface area contributed by atoms with Crippen LogP contribution in [-0.4, -0.2) is 15.6 Å². The van der Waals surface area contributed by atoms with Gasteiger partial charge < -0.3 is 5.32 Å². The molecule has 0 saturated heterocycles. The molecule has 4 nitrogen and oxygen atoms in total. The lowest BCUT2D eigenvalue weighted by molar-refractivity contribution is 0.459. The number of aromatic nitrogens is 2. The van der Waals surface area contributed by atoms with Crippen LogP contribution < -0.4 is 10.9 Å². The van der Waals surface area contributed by atoms with Crippen molar-refractivity contribution in [2.75, 3.05) is 0 Å². The molecule has 0 amide bonds. The van der Waals surface area contributed by atoms with Crippen LogP contribution in [0.3, 0.4) is 0 Å². The summed E-state index contributed by atoms with van der Waals surface area (Å²) in [6.45, 7) is 1.13. The summed E-state index contributed by atoms with van der Waals surface area (Å²) < 4.78 is 28.3. The van der Waals surface area contributed by atoms with E-state index in [1.165, 1.54) is 16.5 Å². The Morgan fingerprint density at radius 3 is 2.76 bits per heavy atom. The number of hydrogen-bond acceptors (Lipinski definition) is 4. The maximum atomic E-state index is 13.5. The Morgan fingerprint density at radius 1 is 1.09 bits per heavy atom. The third kappa shape index (κ3) is 4.75. The van der Waals surface area contributed by atoms with Gasteiger partial charge in [0.1, 0.15) is 4.83 Å². The Kier molecular flexibility index (Phi) is 6.33. The van der Waals surface area contributed by atoms with Crippen molar-refractivity contribution in [3.8, 4) is 0 Å². The van der Waals surface area contributed by atoms with Gasteiger partial charge in [0.2, 0.25) is 0 Å². The highest BCUT2D eigenvalue weighted by Crippen LogP contribution is 2.33. The Balaban J connectivity index is 1.27. The summed E-state index contributed by atoms with van der Waals surface area (Å²) in [5.74, 6) is -1.65. The molecule has 7 heteroatoms. The highest BCUT2D eigenvalue weighted by Gasteiger charge is 2.25. The Bertz CT molecular complexity index is 1330. The van der Waals surface area contributed by atoms with Crippen LogP contribution in [0, 0.1) is 11.6 Å². The molecule has 2 aromatic heterocycles. The largest absolute Gasteiger partial charge is 0.310 e. The van der Waals surface area contributed by atoms with Gasteiger partial charge in [-0.3, -0.25) is 9.36 Å². The van der Waals surface area contributed by atoms with Gasteiger partial charge in [-0.1, -0.05) is 36.4 Å². The topological polar surface area (TPSA) is 46.9 Å². The fraction of sp³-hybridized carbons (Fsp3) is 0.308. The van der Waals surface area contributed by atoms with Crippen molar-refractivity contribution >= 4 is 21.6 Å². The molecule has 2 aromatic carbocycles. The van der Waals surface area contributed by atoms with Crippen molar-refractivity contribution in [3.63, 3.8) is 0 Å². The average molecular weight is 466 g/mol. The molecule has 1 N–H and O–H groups in total. The van der Waals surface area contributed by atoms with Gasteiger partial charge in [-0.25, -0.2) is 13.8 Å². The third-order valence-electron chi connectivity index (χ3n) is 6.32. The fourth-order valence-electron chi connectivity index (χ4n) is 4.54. The lowest BCUT2D eigenvalue weighted by Crippen LogP contribution is -2.33. The number of nitrogens with zero attached hydrogens (tertiary/aromatic N) is 2. The SMILES string of the molecule is O=c1c2c3c(sc2ncn1CCCc1ccccc1)C[C@H](NCc1ccc(F)c(F)c1)CC3. The van der Waals surface area contributed by atoms with Crippen molar-refractivity contribution in [1.82, 2.24) is 14.9 Å².